The summed E-state index contributed by atoms with van der Waals surface area (Å²) in [7, 11) is 1.62. The summed E-state index contributed by atoms with van der Waals surface area (Å²) >= 11 is 0. The van der Waals surface area contributed by atoms with Crippen molar-refractivity contribution in [3.8, 4) is 11.5 Å². The molecule has 4 rings (SSSR count). The highest BCUT2D eigenvalue weighted by Gasteiger charge is 2.17. The molecule has 4 N–H and O–H groups in total. The van der Waals surface area contributed by atoms with Crippen LogP contribution in [0.4, 0.5) is 0 Å². The Morgan fingerprint density at radius 3 is 2.50 bits per heavy atom. The summed E-state index contributed by atoms with van der Waals surface area (Å²) < 4.78 is 11.0. The van der Waals surface area contributed by atoms with Crippen molar-refractivity contribution in [2.24, 2.45) is 0 Å². The van der Waals surface area contributed by atoms with Gasteiger partial charge in [0.2, 0.25) is 5.91 Å². The van der Waals surface area contributed by atoms with Crippen molar-refractivity contribution >= 4 is 22.7 Å². The molecule has 0 aliphatic carbocycles. The Morgan fingerprint density at radius 1 is 0.947 bits per heavy atom. The van der Waals surface area contributed by atoms with Gasteiger partial charge in [-0.25, -0.2) is 0 Å². The van der Waals surface area contributed by atoms with Crippen LogP contribution in [0.3, 0.4) is 0 Å². The highest BCUT2D eigenvalue weighted by atomic mass is 16.5. The van der Waals surface area contributed by atoms with Crippen molar-refractivity contribution in [2.75, 3.05) is 20.3 Å². The van der Waals surface area contributed by atoms with E-state index in [9.17, 15) is 14.7 Å². The number of aromatic nitrogens is 1. The third-order valence-electron chi connectivity index (χ3n) is 6.34. The lowest BCUT2D eigenvalue weighted by atomic mass is 10.0. The van der Waals surface area contributed by atoms with Crippen molar-refractivity contribution < 1.29 is 24.2 Å². The number of rotatable bonds is 13. The van der Waals surface area contributed by atoms with Crippen LogP contribution in [0, 0.1) is 0 Å². The SMILES string of the molecule is COc1ccccc1CCC(=O)NC[C@@H](Cc1c[nH]c2ccccc12)NC(=O)COc1ccc(CO)cc1. The lowest BCUT2D eigenvalue weighted by Gasteiger charge is -2.20. The van der Waals surface area contributed by atoms with Crippen LogP contribution in [0.25, 0.3) is 10.9 Å². The van der Waals surface area contributed by atoms with Crippen molar-refractivity contribution in [3.63, 3.8) is 0 Å². The number of hydrogen-bond donors (Lipinski definition) is 4. The van der Waals surface area contributed by atoms with Gasteiger partial charge < -0.3 is 30.2 Å². The number of nitrogens with one attached hydrogen (secondary N) is 3. The Kier molecular flexibility index (Phi) is 9.37. The normalized spacial score (nSPS) is 11.6. The Labute approximate surface area is 222 Å². The van der Waals surface area contributed by atoms with Crippen LogP contribution in [0.1, 0.15) is 23.1 Å². The van der Waals surface area contributed by atoms with E-state index in [4.69, 9.17) is 9.47 Å². The van der Waals surface area contributed by atoms with Crippen LogP contribution in [0.2, 0.25) is 0 Å². The number of carbonyl (C=O) groups is 2. The smallest absolute Gasteiger partial charge is 0.258 e. The second-order valence-corrected chi connectivity index (χ2v) is 9.03. The minimum Gasteiger partial charge on any atom is -0.496 e. The zero-order valence-electron chi connectivity index (χ0n) is 21.4. The molecular formula is C30H33N3O5. The molecule has 0 saturated heterocycles. The van der Waals surface area contributed by atoms with Gasteiger partial charge in [0.15, 0.2) is 6.61 Å². The highest BCUT2D eigenvalue weighted by molar-refractivity contribution is 5.83. The lowest BCUT2D eigenvalue weighted by Crippen LogP contribution is -2.46. The first-order chi connectivity index (χ1) is 18.6. The van der Waals surface area contributed by atoms with E-state index in [0.717, 1.165) is 33.3 Å². The molecule has 1 heterocycles. The first-order valence-corrected chi connectivity index (χ1v) is 12.6. The van der Waals surface area contributed by atoms with E-state index >= 15 is 0 Å². The maximum absolute atomic E-state index is 12.8. The second kappa shape index (κ2) is 13.3. The average molecular weight is 516 g/mol. The fourth-order valence-corrected chi connectivity index (χ4v) is 4.33. The molecule has 0 aliphatic heterocycles. The molecule has 3 aromatic carbocycles. The van der Waals surface area contributed by atoms with Gasteiger partial charge in [0.25, 0.3) is 5.91 Å². The van der Waals surface area contributed by atoms with Gasteiger partial charge in [-0.3, -0.25) is 9.59 Å². The Balaban J connectivity index is 1.36. The Bertz CT molecular complexity index is 1350. The molecule has 0 spiro atoms. The number of methoxy groups -OCH3 is 1. The monoisotopic (exact) mass is 515 g/mol. The number of aliphatic hydroxyl groups excluding tert-OH is 1. The topological polar surface area (TPSA) is 113 Å². The van der Waals surface area contributed by atoms with E-state index in [1.807, 2.05) is 54.7 Å². The number of aliphatic hydroxyl groups is 1. The van der Waals surface area contributed by atoms with Crippen molar-refractivity contribution in [3.05, 3.63) is 95.7 Å². The van der Waals surface area contributed by atoms with E-state index in [-0.39, 0.29) is 37.6 Å². The summed E-state index contributed by atoms with van der Waals surface area (Å²) in [5.41, 5.74) is 3.80. The fraction of sp³-hybridized carbons (Fsp3) is 0.267. The minimum atomic E-state index is -0.336. The highest BCUT2D eigenvalue weighted by Crippen LogP contribution is 2.20. The molecule has 0 saturated carbocycles. The Hall–Kier alpha value is -4.30. The van der Waals surface area contributed by atoms with Crippen LogP contribution < -0.4 is 20.1 Å². The van der Waals surface area contributed by atoms with Crippen LogP contribution in [0.5, 0.6) is 11.5 Å². The summed E-state index contributed by atoms with van der Waals surface area (Å²) in [6.45, 7) is 0.0622. The molecule has 1 aromatic heterocycles. The van der Waals surface area contributed by atoms with Crippen molar-refractivity contribution in [1.29, 1.82) is 0 Å². The van der Waals surface area contributed by atoms with Crippen LogP contribution >= 0.6 is 0 Å². The number of H-pyrrole nitrogens is 1. The summed E-state index contributed by atoms with van der Waals surface area (Å²) in [5.74, 6) is 0.907. The van der Waals surface area contributed by atoms with Gasteiger partial charge in [-0.2, -0.15) is 0 Å². The number of hydrogen-bond acceptors (Lipinski definition) is 5. The molecule has 2 amide bonds. The van der Waals surface area contributed by atoms with Crippen LogP contribution in [-0.2, 0) is 29.0 Å². The average Bonchev–Trinajstić information content (AvgIpc) is 3.36. The number of aromatic amines is 1. The van der Waals surface area contributed by atoms with E-state index in [1.54, 1.807) is 31.4 Å². The maximum atomic E-state index is 12.8. The molecule has 38 heavy (non-hydrogen) atoms. The van der Waals surface area contributed by atoms with Gasteiger partial charge in [0.1, 0.15) is 11.5 Å². The van der Waals surface area contributed by atoms with Gasteiger partial charge in [-0.15, -0.1) is 0 Å². The summed E-state index contributed by atoms with van der Waals surface area (Å²) in [6, 6.07) is 22.2. The lowest BCUT2D eigenvalue weighted by molar-refractivity contribution is -0.125. The molecule has 8 nitrogen and oxygen atoms in total. The molecule has 198 valence electrons. The first kappa shape index (κ1) is 26.8. The quantitative estimate of drug-likeness (QED) is 0.218. The number of amides is 2. The molecule has 0 aliphatic rings. The van der Waals surface area contributed by atoms with E-state index < -0.39 is 0 Å². The molecule has 0 radical (unpaired) electrons. The van der Waals surface area contributed by atoms with Gasteiger partial charge in [-0.05, 0) is 53.8 Å². The first-order valence-electron chi connectivity index (χ1n) is 12.6. The third-order valence-corrected chi connectivity index (χ3v) is 6.34. The summed E-state index contributed by atoms with van der Waals surface area (Å²) in [4.78, 5) is 28.7. The molecule has 4 aromatic rings. The second-order valence-electron chi connectivity index (χ2n) is 9.03. The van der Waals surface area contributed by atoms with Gasteiger partial charge >= 0.3 is 0 Å². The predicted octanol–water partition coefficient (Wildman–Crippen LogP) is 3.52. The zero-order valence-corrected chi connectivity index (χ0v) is 21.4. The van der Waals surface area contributed by atoms with Crippen molar-refractivity contribution in [2.45, 2.75) is 31.9 Å². The third kappa shape index (κ3) is 7.36. The number of aryl methyl sites for hydroxylation is 1. The van der Waals surface area contributed by atoms with Crippen LogP contribution in [0.15, 0.2) is 79.0 Å². The zero-order chi connectivity index (χ0) is 26.7. The van der Waals surface area contributed by atoms with E-state index in [2.05, 4.69) is 15.6 Å². The number of benzene rings is 3. The summed E-state index contributed by atoms with van der Waals surface area (Å²) in [6.07, 6.45) is 3.33. The van der Waals surface area contributed by atoms with Gasteiger partial charge in [0.05, 0.1) is 19.8 Å². The largest absolute Gasteiger partial charge is 0.496 e. The number of fused-ring (bicyclic) bond motifs is 1. The van der Waals surface area contributed by atoms with Gasteiger partial charge in [0, 0.05) is 30.1 Å². The van der Waals surface area contributed by atoms with E-state index in [1.165, 1.54) is 0 Å². The molecular weight excluding hydrogens is 482 g/mol. The van der Waals surface area contributed by atoms with Crippen LogP contribution in [-0.4, -0.2) is 48.2 Å². The number of ether oxygens (including phenoxy) is 2. The summed E-state index contributed by atoms with van der Waals surface area (Å²) in [5, 5.41) is 16.2. The Morgan fingerprint density at radius 2 is 1.71 bits per heavy atom. The molecule has 1 atom stereocenters. The molecule has 0 fully saturated rings. The molecule has 8 heteroatoms. The predicted molar refractivity (Wildman–Crippen MR) is 146 cm³/mol. The molecule has 0 unspecified atom stereocenters. The van der Waals surface area contributed by atoms with E-state index in [0.29, 0.717) is 25.0 Å². The number of carbonyl (C=O) groups excluding carboxylic acids is 2. The fourth-order valence-electron chi connectivity index (χ4n) is 4.33. The molecule has 0 bridgehead atoms. The minimum absolute atomic E-state index is 0.0547. The maximum Gasteiger partial charge on any atom is 0.258 e. The van der Waals surface area contributed by atoms with Gasteiger partial charge in [-0.1, -0.05) is 48.5 Å². The van der Waals surface area contributed by atoms with Crippen molar-refractivity contribution in [1.82, 2.24) is 15.6 Å². The number of para-hydroxylation sites is 2. The standard InChI is InChI=1S/C30H33N3O5/c1-37-28-9-5-2-6-22(28)12-15-29(35)32-18-24(16-23-17-31-27-8-4-3-7-26(23)27)33-30(36)20-38-25-13-10-21(19-34)11-14-25/h2-11,13-14,17,24,31,34H,12,15-16,18-20H2,1H3,(H,32,35)(H,33,36)/t24-/m1/s1.